The van der Waals surface area contributed by atoms with Gasteiger partial charge in [0.25, 0.3) is 0 Å². The van der Waals surface area contributed by atoms with Gasteiger partial charge in [0, 0.05) is 0 Å². The van der Waals surface area contributed by atoms with Crippen molar-refractivity contribution in [3.05, 3.63) is 24.3 Å². The molecule has 3 unspecified atom stereocenters. The molecule has 4 N–H and O–H groups in total. The molecular weight excluding hydrogens is 727 g/mol. The number of hydrogen-bond donors (Lipinski definition) is 4. The highest BCUT2D eigenvalue weighted by atomic mass is 16.3. The summed E-state index contributed by atoms with van der Waals surface area (Å²) in [5.41, 5.74) is 0. The first-order valence-electron chi connectivity index (χ1n) is 26.6. The molecule has 0 aromatic carbocycles. The van der Waals surface area contributed by atoms with Gasteiger partial charge in [0.05, 0.1) is 31.3 Å². The molecule has 0 fully saturated rings. The number of hydrogen-bond acceptors (Lipinski definition) is 4. The van der Waals surface area contributed by atoms with Crippen molar-refractivity contribution in [3.63, 3.8) is 0 Å². The van der Waals surface area contributed by atoms with Gasteiger partial charge >= 0.3 is 0 Å². The molecule has 0 saturated carbocycles. The Hall–Kier alpha value is -1.17. The van der Waals surface area contributed by atoms with Crippen LogP contribution in [0.1, 0.15) is 290 Å². The van der Waals surface area contributed by atoms with Crippen LogP contribution >= 0.6 is 0 Å². The van der Waals surface area contributed by atoms with Crippen LogP contribution in [-0.4, -0.2) is 46.1 Å². The lowest BCUT2D eigenvalue weighted by Crippen LogP contribution is -2.45. The van der Waals surface area contributed by atoms with Gasteiger partial charge in [-0.05, 0) is 44.9 Å². The topological polar surface area (TPSA) is 89.8 Å². The maximum Gasteiger partial charge on any atom is 0.222 e. The minimum absolute atomic E-state index is 0.0161. The van der Waals surface area contributed by atoms with Crippen molar-refractivity contribution in [2.45, 2.75) is 308 Å². The Morgan fingerprint density at radius 3 is 1.03 bits per heavy atom. The Bertz CT molecular complexity index is 874. The van der Waals surface area contributed by atoms with E-state index in [4.69, 9.17) is 0 Å². The summed E-state index contributed by atoms with van der Waals surface area (Å²) in [5, 5.41) is 33.4. The van der Waals surface area contributed by atoms with E-state index in [1.54, 1.807) is 6.08 Å². The third kappa shape index (κ3) is 46.2. The van der Waals surface area contributed by atoms with Gasteiger partial charge in [-0.3, -0.25) is 4.79 Å². The largest absolute Gasteiger partial charge is 0.394 e. The molecule has 350 valence electrons. The van der Waals surface area contributed by atoms with E-state index in [1.807, 2.05) is 6.08 Å². The minimum Gasteiger partial charge on any atom is -0.394 e. The van der Waals surface area contributed by atoms with Crippen molar-refractivity contribution in [2.75, 3.05) is 6.61 Å². The van der Waals surface area contributed by atoms with E-state index in [0.29, 0.717) is 6.42 Å². The van der Waals surface area contributed by atoms with Crippen LogP contribution in [0.5, 0.6) is 0 Å². The average molecular weight is 832 g/mol. The lowest BCUT2D eigenvalue weighted by atomic mass is 10.0. The summed E-state index contributed by atoms with van der Waals surface area (Å²) in [7, 11) is 0. The predicted molar refractivity (Wildman–Crippen MR) is 259 cm³/mol. The van der Waals surface area contributed by atoms with Gasteiger partial charge in [0.1, 0.15) is 0 Å². The van der Waals surface area contributed by atoms with Crippen LogP contribution in [0.3, 0.4) is 0 Å². The van der Waals surface area contributed by atoms with Gasteiger partial charge < -0.3 is 20.6 Å². The fraction of sp³-hybridized carbons (Fsp3) is 0.907. The van der Waals surface area contributed by atoms with Crippen LogP contribution in [0.25, 0.3) is 0 Å². The molecule has 3 atom stereocenters. The van der Waals surface area contributed by atoms with Gasteiger partial charge in [-0.1, -0.05) is 263 Å². The van der Waals surface area contributed by atoms with E-state index < -0.39 is 18.2 Å². The zero-order valence-electron chi connectivity index (χ0n) is 39.9. The molecule has 0 spiro atoms. The molecule has 0 bridgehead atoms. The summed E-state index contributed by atoms with van der Waals surface area (Å²) in [6, 6.07) is -0.742. The smallest absolute Gasteiger partial charge is 0.222 e. The molecule has 0 aromatic heterocycles. The molecule has 5 nitrogen and oxygen atoms in total. The summed E-state index contributed by atoms with van der Waals surface area (Å²) in [4.78, 5) is 12.5. The van der Waals surface area contributed by atoms with E-state index in [9.17, 15) is 20.1 Å². The molecule has 59 heavy (non-hydrogen) atoms. The summed E-state index contributed by atoms with van der Waals surface area (Å²) >= 11 is 0. The van der Waals surface area contributed by atoms with Crippen LogP contribution in [0, 0.1) is 0 Å². The molecule has 0 radical (unpaired) electrons. The van der Waals surface area contributed by atoms with E-state index in [2.05, 4.69) is 31.3 Å². The predicted octanol–water partition coefficient (Wildman–Crippen LogP) is 16.1. The summed E-state index contributed by atoms with van der Waals surface area (Å²) in [6.07, 6.45) is 62.1. The summed E-state index contributed by atoms with van der Waals surface area (Å²) in [6.45, 7) is 4.24. The number of unbranched alkanes of at least 4 members (excludes halogenated alkanes) is 38. The molecule has 1 amide bonds. The average Bonchev–Trinajstić information content (AvgIpc) is 3.23. The number of aliphatic hydroxyl groups excluding tert-OH is 3. The summed E-state index contributed by atoms with van der Waals surface area (Å²) < 4.78 is 0. The quantitative estimate of drug-likeness (QED) is 0.0363. The highest BCUT2D eigenvalue weighted by molar-refractivity contribution is 5.76. The summed E-state index contributed by atoms with van der Waals surface area (Å²) in [5.74, 6) is -0.312. The van der Waals surface area contributed by atoms with Crippen LogP contribution in [-0.2, 0) is 4.79 Å². The lowest BCUT2D eigenvalue weighted by molar-refractivity contribution is -0.124. The molecule has 0 aliphatic heterocycles. The third-order valence-electron chi connectivity index (χ3n) is 12.5. The van der Waals surface area contributed by atoms with Crippen molar-refractivity contribution in [2.24, 2.45) is 0 Å². The fourth-order valence-corrected chi connectivity index (χ4v) is 8.40. The fourth-order valence-electron chi connectivity index (χ4n) is 8.40. The number of carbonyl (C=O) groups is 1. The highest BCUT2D eigenvalue weighted by Gasteiger charge is 2.20. The Morgan fingerprint density at radius 1 is 0.424 bits per heavy atom. The second-order valence-electron chi connectivity index (χ2n) is 18.5. The normalized spacial score (nSPS) is 13.5. The maximum absolute atomic E-state index is 12.5. The first kappa shape index (κ1) is 57.8. The van der Waals surface area contributed by atoms with Crippen LogP contribution < -0.4 is 5.32 Å². The van der Waals surface area contributed by atoms with Gasteiger partial charge in [0.2, 0.25) is 5.91 Å². The van der Waals surface area contributed by atoms with Crippen LogP contribution in [0.4, 0.5) is 0 Å². The first-order valence-corrected chi connectivity index (χ1v) is 26.6. The van der Waals surface area contributed by atoms with Crippen LogP contribution in [0.2, 0.25) is 0 Å². The second-order valence-corrected chi connectivity index (χ2v) is 18.5. The number of aliphatic hydroxyl groups is 3. The highest BCUT2D eigenvalue weighted by Crippen LogP contribution is 2.17. The SMILES string of the molecule is CCCCCCCCCCCCCC/C=C\CCCCCCCCCCCCCCC(O)CC(=O)NC(CO)C(O)/C=C/CCCCCCCCCCCCCCCC. The van der Waals surface area contributed by atoms with Crippen LogP contribution in [0.15, 0.2) is 24.3 Å². The number of rotatable bonds is 49. The Labute approximate surface area is 369 Å². The Kier molecular flexibility index (Phi) is 48.5. The molecular formula is C54H105NO4. The van der Waals surface area contributed by atoms with E-state index in [-0.39, 0.29) is 18.9 Å². The number of nitrogens with one attached hydrogen (secondary N) is 1. The van der Waals surface area contributed by atoms with E-state index >= 15 is 0 Å². The molecule has 0 aromatic rings. The first-order chi connectivity index (χ1) is 29.0. The number of allylic oxidation sites excluding steroid dienone is 3. The van der Waals surface area contributed by atoms with Crippen molar-refractivity contribution < 1.29 is 20.1 Å². The second kappa shape index (κ2) is 49.5. The molecule has 0 rings (SSSR count). The van der Waals surface area contributed by atoms with E-state index in [0.717, 1.165) is 25.7 Å². The van der Waals surface area contributed by atoms with Gasteiger partial charge in [0.15, 0.2) is 0 Å². The molecule has 0 saturated heterocycles. The molecule has 0 aliphatic carbocycles. The van der Waals surface area contributed by atoms with Crippen molar-refractivity contribution in [3.8, 4) is 0 Å². The minimum atomic E-state index is -0.927. The molecule has 5 heteroatoms. The van der Waals surface area contributed by atoms with Crippen molar-refractivity contribution >= 4 is 5.91 Å². The van der Waals surface area contributed by atoms with Crippen molar-refractivity contribution in [1.29, 1.82) is 0 Å². The molecule has 0 aliphatic rings. The monoisotopic (exact) mass is 832 g/mol. The third-order valence-corrected chi connectivity index (χ3v) is 12.5. The number of amides is 1. The lowest BCUT2D eigenvalue weighted by Gasteiger charge is -2.21. The zero-order valence-corrected chi connectivity index (χ0v) is 39.9. The van der Waals surface area contributed by atoms with Gasteiger partial charge in [-0.25, -0.2) is 0 Å². The van der Waals surface area contributed by atoms with Crippen molar-refractivity contribution in [1.82, 2.24) is 5.32 Å². The standard InChI is InChI=1S/C54H105NO4/c1-3-5-7-9-11-13-15-17-19-21-22-23-24-25-26-27-28-29-30-31-32-33-35-37-39-41-43-45-47-51(57)49-54(59)55-52(50-56)53(58)48-46-44-42-40-38-36-34-20-18-16-14-12-10-8-6-4-2/h25-26,46,48,51-53,56-58H,3-24,27-45,47,49-50H2,1-2H3,(H,55,59)/b26-25-,48-46+. The maximum atomic E-state index is 12.5. The van der Waals surface area contributed by atoms with Gasteiger partial charge in [-0.2, -0.15) is 0 Å². The Balaban J connectivity index is 3.55. The van der Waals surface area contributed by atoms with E-state index in [1.165, 1.54) is 238 Å². The zero-order chi connectivity index (χ0) is 43.0. The number of carbonyl (C=O) groups excluding carboxylic acids is 1. The Morgan fingerprint density at radius 2 is 0.712 bits per heavy atom. The van der Waals surface area contributed by atoms with Gasteiger partial charge in [-0.15, -0.1) is 0 Å². The molecule has 0 heterocycles.